The summed E-state index contributed by atoms with van der Waals surface area (Å²) in [5, 5.41) is 13.2. The lowest BCUT2D eigenvalue weighted by molar-refractivity contribution is -0.132. The van der Waals surface area contributed by atoms with E-state index in [1.807, 2.05) is 32.9 Å². The third-order valence-corrected chi connectivity index (χ3v) is 5.61. The molecule has 0 radical (unpaired) electrons. The summed E-state index contributed by atoms with van der Waals surface area (Å²) >= 11 is 0. The molecule has 2 N–H and O–H groups in total. The first-order valence-electron chi connectivity index (χ1n) is 9.83. The molecule has 2 aromatic rings. The van der Waals surface area contributed by atoms with Gasteiger partial charge in [0.05, 0.1) is 13.7 Å². The Balaban J connectivity index is 1.70. The molecule has 2 atom stereocenters. The smallest absolute Gasteiger partial charge is 0.325 e. The molecule has 7 nitrogen and oxygen atoms in total. The summed E-state index contributed by atoms with van der Waals surface area (Å²) in [5.74, 6) is 0.877. The van der Waals surface area contributed by atoms with Crippen LogP contribution in [0.15, 0.2) is 36.4 Å². The van der Waals surface area contributed by atoms with E-state index in [-0.39, 0.29) is 13.2 Å². The number of benzene rings is 2. The second-order valence-corrected chi connectivity index (χ2v) is 7.82. The highest BCUT2D eigenvalue weighted by Crippen LogP contribution is 2.31. The molecule has 1 aliphatic heterocycles. The van der Waals surface area contributed by atoms with Crippen molar-refractivity contribution in [3.8, 4) is 11.5 Å². The number of carbonyl (C=O) groups excluding carboxylic acids is 2. The zero-order valence-electron chi connectivity index (χ0n) is 18.0. The van der Waals surface area contributed by atoms with Crippen LogP contribution < -0.4 is 14.8 Å². The Morgan fingerprint density at radius 2 is 1.83 bits per heavy atom. The average Bonchev–Trinajstić information content (AvgIpc) is 2.95. The van der Waals surface area contributed by atoms with Crippen molar-refractivity contribution in [2.75, 3.05) is 20.3 Å². The van der Waals surface area contributed by atoms with Crippen LogP contribution in [0.3, 0.4) is 0 Å². The predicted molar refractivity (Wildman–Crippen MR) is 113 cm³/mol. The SMILES string of the molecule is COc1cccc([C@]2(C)NC(=O)N(C[C@H](O)COc3c(C)ccc(C)c3C)C2=O)c1. The number of methoxy groups -OCH3 is 1. The molecule has 0 aromatic heterocycles. The molecule has 0 unspecified atom stereocenters. The molecule has 3 amide bonds. The van der Waals surface area contributed by atoms with E-state index >= 15 is 0 Å². The fourth-order valence-corrected chi connectivity index (χ4v) is 3.58. The second-order valence-electron chi connectivity index (χ2n) is 7.82. The third-order valence-electron chi connectivity index (χ3n) is 5.61. The first-order valence-corrected chi connectivity index (χ1v) is 9.83. The molecule has 3 rings (SSSR count). The van der Waals surface area contributed by atoms with E-state index in [0.29, 0.717) is 17.1 Å². The van der Waals surface area contributed by atoms with Gasteiger partial charge in [-0.1, -0.05) is 24.3 Å². The van der Waals surface area contributed by atoms with Gasteiger partial charge in [0.1, 0.15) is 29.7 Å². The van der Waals surface area contributed by atoms with Crippen LogP contribution in [0.25, 0.3) is 0 Å². The lowest BCUT2D eigenvalue weighted by Crippen LogP contribution is -2.42. The van der Waals surface area contributed by atoms with E-state index in [4.69, 9.17) is 9.47 Å². The van der Waals surface area contributed by atoms with E-state index in [9.17, 15) is 14.7 Å². The Hall–Kier alpha value is -3.06. The largest absolute Gasteiger partial charge is 0.497 e. The number of hydrogen-bond donors (Lipinski definition) is 2. The molecule has 2 aromatic carbocycles. The summed E-state index contributed by atoms with van der Waals surface area (Å²) in [5.41, 5.74) is 2.44. The number of ether oxygens (including phenoxy) is 2. The van der Waals surface area contributed by atoms with Gasteiger partial charge < -0.3 is 19.9 Å². The van der Waals surface area contributed by atoms with Crippen LogP contribution in [-0.4, -0.2) is 48.3 Å². The summed E-state index contributed by atoms with van der Waals surface area (Å²) < 4.78 is 11.0. The molecular weight excluding hydrogens is 384 g/mol. The molecule has 1 saturated heterocycles. The van der Waals surface area contributed by atoms with Gasteiger partial charge in [-0.25, -0.2) is 4.79 Å². The van der Waals surface area contributed by atoms with E-state index < -0.39 is 23.6 Å². The Morgan fingerprint density at radius 3 is 2.53 bits per heavy atom. The van der Waals surface area contributed by atoms with Crippen LogP contribution in [-0.2, 0) is 10.3 Å². The van der Waals surface area contributed by atoms with E-state index in [1.54, 1.807) is 31.2 Å². The molecule has 0 aliphatic carbocycles. The molecule has 1 fully saturated rings. The van der Waals surface area contributed by atoms with Gasteiger partial charge in [-0.05, 0) is 62.1 Å². The van der Waals surface area contributed by atoms with Crippen LogP contribution in [0.5, 0.6) is 11.5 Å². The predicted octanol–water partition coefficient (Wildman–Crippen LogP) is 2.83. The summed E-state index contributed by atoms with van der Waals surface area (Å²) in [6.45, 7) is 7.34. The Morgan fingerprint density at radius 1 is 1.13 bits per heavy atom. The normalized spacial score (nSPS) is 19.6. The number of urea groups is 1. The lowest BCUT2D eigenvalue weighted by atomic mass is 9.92. The van der Waals surface area contributed by atoms with E-state index in [1.165, 1.54) is 7.11 Å². The van der Waals surface area contributed by atoms with Crippen LogP contribution in [0.4, 0.5) is 4.79 Å². The summed E-state index contributed by atoms with van der Waals surface area (Å²) in [6.07, 6.45) is -1.02. The number of imide groups is 1. The first-order chi connectivity index (χ1) is 14.2. The lowest BCUT2D eigenvalue weighted by Gasteiger charge is -2.23. The maximum Gasteiger partial charge on any atom is 0.325 e. The van der Waals surface area contributed by atoms with Crippen LogP contribution >= 0.6 is 0 Å². The van der Waals surface area contributed by atoms with Crippen molar-refractivity contribution >= 4 is 11.9 Å². The van der Waals surface area contributed by atoms with Crippen molar-refractivity contribution in [2.24, 2.45) is 0 Å². The zero-order chi connectivity index (χ0) is 22.1. The molecule has 7 heteroatoms. The second kappa shape index (κ2) is 8.36. The minimum atomic E-state index is -1.23. The minimum Gasteiger partial charge on any atom is -0.497 e. The van der Waals surface area contributed by atoms with Crippen molar-refractivity contribution in [2.45, 2.75) is 39.3 Å². The van der Waals surface area contributed by atoms with E-state index in [0.717, 1.165) is 21.6 Å². The van der Waals surface area contributed by atoms with Crippen molar-refractivity contribution < 1.29 is 24.2 Å². The maximum atomic E-state index is 13.1. The summed E-state index contributed by atoms with van der Waals surface area (Å²) in [6, 6.07) is 10.4. The van der Waals surface area contributed by atoms with Crippen LogP contribution in [0.2, 0.25) is 0 Å². The van der Waals surface area contributed by atoms with Crippen molar-refractivity contribution in [3.05, 3.63) is 58.7 Å². The minimum absolute atomic E-state index is 0.0297. The highest BCUT2D eigenvalue weighted by atomic mass is 16.5. The number of aliphatic hydroxyl groups is 1. The van der Waals surface area contributed by atoms with Gasteiger partial charge in [0, 0.05) is 0 Å². The summed E-state index contributed by atoms with van der Waals surface area (Å²) in [4.78, 5) is 26.6. The monoisotopic (exact) mass is 412 g/mol. The van der Waals surface area contributed by atoms with Gasteiger partial charge >= 0.3 is 6.03 Å². The number of nitrogens with one attached hydrogen (secondary N) is 1. The number of nitrogens with zero attached hydrogens (tertiary/aromatic N) is 1. The molecule has 1 heterocycles. The molecular formula is C23H28N2O5. The van der Waals surface area contributed by atoms with Crippen LogP contribution in [0.1, 0.15) is 29.2 Å². The maximum absolute atomic E-state index is 13.1. The van der Waals surface area contributed by atoms with Gasteiger partial charge in [0.25, 0.3) is 5.91 Å². The summed E-state index contributed by atoms with van der Waals surface area (Å²) in [7, 11) is 1.54. The number of hydrogen-bond acceptors (Lipinski definition) is 5. The fraction of sp³-hybridized carbons (Fsp3) is 0.391. The number of rotatable bonds is 7. The molecule has 30 heavy (non-hydrogen) atoms. The third kappa shape index (κ3) is 3.98. The quantitative estimate of drug-likeness (QED) is 0.683. The average molecular weight is 412 g/mol. The van der Waals surface area contributed by atoms with Gasteiger partial charge in [0.2, 0.25) is 0 Å². The molecule has 160 valence electrons. The Bertz CT molecular complexity index is 974. The van der Waals surface area contributed by atoms with Gasteiger partial charge in [0.15, 0.2) is 0 Å². The highest BCUT2D eigenvalue weighted by Gasteiger charge is 2.49. The number of β-amino-alcohol motifs (C(OH)–C–C–N with tert-alkyl or cyclic N) is 1. The molecule has 0 bridgehead atoms. The number of amides is 3. The number of aryl methyl sites for hydroxylation is 2. The van der Waals surface area contributed by atoms with Gasteiger partial charge in [-0.3, -0.25) is 9.69 Å². The standard InChI is InChI=1S/C23H28N2O5/c1-14-9-10-15(2)20(16(14)3)30-13-18(26)12-25-21(27)23(4,24-22(25)28)17-7-6-8-19(11-17)29-5/h6-11,18,26H,12-13H2,1-5H3,(H,24,28)/t18-,23-/m0/s1. The number of aliphatic hydroxyl groups excluding tert-OH is 1. The first kappa shape index (κ1) is 21.6. The highest BCUT2D eigenvalue weighted by molar-refractivity contribution is 6.07. The molecule has 0 spiro atoms. The van der Waals surface area contributed by atoms with Crippen LogP contribution in [0, 0.1) is 20.8 Å². The molecule has 1 aliphatic rings. The Kier molecular flexibility index (Phi) is 6.03. The van der Waals surface area contributed by atoms with Gasteiger partial charge in [-0.2, -0.15) is 0 Å². The molecule has 0 saturated carbocycles. The number of carbonyl (C=O) groups is 2. The van der Waals surface area contributed by atoms with Crippen molar-refractivity contribution in [3.63, 3.8) is 0 Å². The van der Waals surface area contributed by atoms with Gasteiger partial charge in [-0.15, -0.1) is 0 Å². The fourth-order valence-electron chi connectivity index (χ4n) is 3.58. The zero-order valence-corrected chi connectivity index (χ0v) is 18.0. The van der Waals surface area contributed by atoms with E-state index in [2.05, 4.69) is 5.32 Å². The van der Waals surface area contributed by atoms with Crippen molar-refractivity contribution in [1.29, 1.82) is 0 Å². The topological polar surface area (TPSA) is 88.1 Å². The Labute approximate surface area is 176 Å². The van der Waals surface area contributed by atoms with Crippen molar-refractivity contribution in [1.82, 2.24) is 10.2 Å².